The van der Waals surface area contributed by atoms with Gasteiger partial charge in [-0.25, -0.2) is 0 Å². The van der Waals surface area contributed by atoms with Gasteiger partial charge in [-0.15, -0.1) is 0 Å². The molecule has 0 radical (unpaired) electrons. The van der Waals surface area contributed by atoms with Gasteiger partial charge in [0.2, 0.25) is 5.91 Å². The lowest BCUT2D eigenvalue weighted by molar-refractivity contribution is -0.134. The lowest BCUT2D eigenvalue weighted by Crippen LogP contribution is -2.55. The SMILES string of the molecule is O=C(CN1CCN(C(=O)c2ccc(Cl)cc2Cl)CC1)N1CCN(C2CCCC2)CC1. The summed E-state index contributed by atoms with van der Waals surface area (Å²) in [5.41, 5.74) is 0.478. The van der Waals surface area contributed by atoms with Crippen molar-refractivity contribution in [2.75, 3.05) is 58.9 Å². The summed E-state index contributed by atoms with van der Waals surface area (Å²) < 4.78 is 0. The van der Waals surface area contributed by atoms with E-state index < -0.39 is 0 Å². The summed E-state index contributed by atoms with van der Waals surface area (Å²) in [6.07, 6.45) is 5.33. The highest BCUT2D eigenvalue weighted by molar-refractivity contribution is 6.36. The molecule has 3 aliphatic rings. The van der Waals surface area contributed by atoms with Crippen molar-refractivity contribution in [1.82, 2.24) is 19.6 Å². The van der Waals surface area contributed by atoms with E-state index in [1.807, 2.05) is 4.90 Å². The molecule has 2 heterocycles. The number of hydrogen-bond acceptors (Lipinski definition) is 4. The Morgan fingerprint density at radius 1 is 0.867 bits per heavy atom. The molecule has 8 heteroatoms. The fraction of sp³-hybridized carbons (Fsp3) is 0.636. The molecule has 1 aliphatic carbocycles. The fourth-order valence-electron chi connectivity index (χ4n) is 4.84. The molecule has 30 heavy (non-hydrogen) atoms. The van der Waals surface area contributed by atoms with E-state index in [1.165, 1.54) is 25.7 Å². The summed E-state index contributed by atoms with van der Waals surface area (Å²) in [5.74, 6) is 0.132. The summed E-state index contributed by atoms with van der Waals surface area (Å²) in [6.45, 7) is 6.70. The van der Waals surface area contributed by atoms with Crippen LogP contribution in [0.5, 0.6) is 0 Å². The highest BCUT2D eigenvalue weighted by Crippen LogP contribution is 2.25. The van der Waals surface area contributed by atoms with Crippen LogP contribution in [0, 0.1) is 0 Å². The van der Waals surface area contributed by atoms with Gasteiger partial charge in [-0.1, -0.05) is 36.0 Å². The molecule has 0 N–H and O–H groups in total. The number of piperazine rings is 2. The lowest BCUT2D eigenvalue weighted by atomic mass is 10.1. The van der Waals surface area contributed by atoms with E-state index >= 15 is 0 Å². The summed E-state index contributed by atoms with van der Waals surface area (Å²) in [7, 11) is 0. The first kappa shape index (κ1) is 21.9. The summed E-state index contributed by atoms with van der Waals surface area (Å²) >= 11 is 12.1. The van der Waals surface area contributed by atoms with Crippen LogP contribution in [0.1, 0.15) is 36.0 Å². The standard InChI is InChI=1S/C22H30Cl2N4O2/c23-17-5-6-19(20(24)15-17)22(30)28-9-7-25(8-10-28)16-21(29)27-13-11-26(12-14-27)18-3-1-2-4-18/h5-6,15,18H,1-4,7-14,16H2. The van der Waals surface area contributed by atoms with Gasteiger partial charge in [0.25, 0.3) is 5.91 Å². The predicted molar refractivity (Wildman–Crippen MR) is 119 cm³/mol. The van der Waals surface area contributed by atoms with Gasteiger partial charge in [-0.2, -0.15) is 0 Å². The van der Waals surface area contributed by atoms with E-state index in [2.05, 4.69) is 9.80 Å². The van der Waals surface area contributed by atoms with Gasteiger partial charge in [0.15, 0.2) is 0 Å². The monoisotopic (exact) mass is 452 g/mol. The van der Waals surface area contributed by atoms with Crippen molar-refractivity contribution < 1.29 is 9.59 Å². The number of benzene rings is 1. The number of carbonyl (C=O) groups excluding carboxylic acids is 2. The van der Waals surface area contributed by atoms with Crippen molar-refractivity contribution in [3.05, 3.63) is 33.8 Å². The molecule has 6 nitrogen and oxygen atoms in total. The van der Waals surface area contributed by atoms with Crippen LogP contribution >= 0.6 is 23.2 Å². The molecule has 1 aromatic carbocycles. The minimum atomic E-state index is -0.0781. The van der Waals surface area contributed by atoms with Gasteiger partial charge in [0.05, 0.1) is 17.1 Å². The third-order valence-corrected chi connectivity index (χ3v) is 7.24. The third-order valence-electron chi connectivity index (χ3n) is 6.69. The lowest BCUT2D eigenvalue weighted by Gasteiger charge is -2.39. The molecule has 0 atom stereocenters. The third kappa shape index (κ3) is 5.10. The van der Waals surface area contributed by atoms with E-state index in [9.17, 15) is 9.59 Å². The highest BCUT2D eigenvalue weighted by Gasteiger charge is 2.29. The Balaban J connectivity index is 1.22. The minimum Gasteiger partial charge on any atom is -0.339 e. The number of amides is 2. The molecule has 4 rings (SSSR count). The molecule has 2 aliphatic heterocycles. The van der Waals surface area contributed by atoms with Crippen molar-refractivity contribution in [2.45, 2.75) is 31.7 Å². The summed E-state index contributed by atoms with van der Waals surface area (Å²) in [4.78, 5) is 34.0. The number of nitrogens with zero attached hydrogens (tertiary/aromatic N) is 4. The number of halogens is 2. The average molecular weight is 453 g/mol. The van der Waals surface area contributed by atoms with Crippen LogP contribution < -0.4 is 0 Å². The van der Waals surface area contributed by atoms with Gasteiger partial charge >= 0.3 is 0 Å². The van der Waals surface area contributed by atoms with Crippen LogP contribution in [0.4, 0.5) is 0 Å². The normalized spacial score (nSPS) is 21.9. The molecule has 0 spiro atoms. The maximum Gasteiger partial charge on any atom is 0.255 e. The zero-order chi connectivity index (χ0) is 21.1. The van der Waals surface area contributed by atoms with Crippen molar-refractivity contribution in [1.29, 1.82) is 0 Å². The van der Waals surface area contributed by atoms with Gasteiger partial charge in [0.1, 0.15) is 0 Å². The van der Waals surface area contributed by atoms with E-state index in [1.54, 1.807) is 23.1 Å². The Hall–Kier alpha value is -1.34. The molecule has 2 amide bonds. The molecular weight excluding hydrogens is 423 g/mol. The Kier molecular flexibility index (Phi) is 7.19. The van der Waals surface area contributed by atoms with E-state index in [-0.39, 0.29) is 11.8 Å². The first-order valence-electron chi connectivity index (χ1n) is 11.0. The van der Waals surface area contributed by atoms with E-state index in [0.29, 0.717) is 48.3 Å². The quantitative estimate of drug-likeness (QED) is 0.704. The summed E-state index contributed by atoms with van der Waals surface area (Å²) in [6, 6.07) is 5.69. The zero-order valence-corrected chi connectivity index (χ0v) is 18.9. The molecule has 3 fully saturated rings. The Bertz CT molecular complexity index is 768. The van der Waals surface area contributed by atoms with Gasteiger partial charge < -0.3 is 9.80 Å². The molecule has 1 saturated carbocycles. The molecule has 0 aromatic heterocycles. The van der Waals surface area contributed by atoms with Crippen LogP contribution in [-0.2, 0) is 4.79 Å². The van der Waals surface area contributed by atoms with Crippen LogP contribution in [-0.4, -0.2) is 96.4 Å². The molecule has 0 bridgehead atoms. The fourth-order valence-corrected chi connectivity index (χ4v) is 5.33. The Morgan fingerprint density at radius 3 is 2.13 bits per heavy atom. The van der Waals surface area contributed by atoms with Crippen molar-refractivity contribution in [3.63, 3.8) is 0 Å². The molecule has 1 aromatic rings. The Labute approximate surface area is 188 Å². The van der Waals surface area contributed by atoms with Gasteiger partial charge in [-0.05, 0) is 31.0 Å². The average Bonchev–Trinajstić information content (AvgIpc) is 3.29. The summed E-state index contributed by atoms with van der Waals surface area (Å²) in [5, 5.41) is 0.894. The molecule has 164 valence electrons. The van der Waals surface area contributed by atoms with Gasteiger partial charge in [0, 0.05) is 63.4 Å². The van der Waals surface area contributed by atoms with E-state index in [0.717, 1.165) is 32.2 Å². The number of carbonyl (C=O) groups is 2. The van der Waals surface area contributed by atoms with Crippen molar-refractivity contribution >= 4 is 35.0 Å². The zero-order valence-electron chi connectivity index (χ0n) is 17.4. The van der Waals surface area contributed by atoms with Crippen LogP contribution in [0.2, 0.25) is 10.0 Å². The van der Waals surface area contributed by atoms with Gasteiger partial charge in [-0.3, -0.25) is 19.4 Å². The first-order chi connectivity index (χ1) is 14.5. The second kappa shape index (κ2) is 9.86. The predicted octanol–water partition coefficient (Wildman–Crippen LogP) is 2.84. The maximum absolute atomic E-state index is 12.8. The van der Waals surface area contributed by atoms with Crippen molar-refractivity contribution in [2.24, 2.45) is 0 Å². The smallest absolute Gasteiger partial charge is 0.255 e. The molecule has 2 saturated heterocycles. The van der Waals surface area contributed by atoms with E-state index in [4.69, 9.17) is 23.2 Å². The number of rotatable bonds is 4. The number of hydrogen-bond donors (Lipinski definition) is 0. The minimum absolute atomic E-state index is 0.0781. The topological polar surface area (TPSA) is 47.1 Å². The Morgan fingerprint density at radius 2 is 1.50 bits per heavy atom. The molecular formula is C22H30Cl2N4O2. The van der Waals surface area contributed by atoms with Crippen LogP contribution in [0.3, 0.4) is 0 Å². The van der Waals surface area contributed by atoms with Crippen LogP contribution in [0.15, 0.2) is 18.2 Å². The second-order valence-corrected chi connectivity index (χ2v) is 9.39. The second-order valence-electron chi connectivity index (χ2n) is 8.55. The van der Waals surface area contributed by atoms with Crippen molar-refractivity contribution in [3.8, 4) is 0 Å². The largest absolute Gasteiger partial charge is 0.339 e. The first-order valence-corrected chi connectivity index (χ1v) is 11.8. The maximum atomic E-state index is 12.8. The van der Waals surface area contributed by atoms with Crippen LogP contribution in [0.25, 0.3) is 0 Å². The molecule has 0 unspecified atom stereocenters. The highest BCUT2D eigenvalue weighted by atomic mass is 35.5.